The van der Waals surface area contributed by atoms with Crippen LogP contribution in [0.25, 0.3) is 10.4 Å². The number of phenolic OH excluding ortho intramolecular Hbond substituents is 1. The quantitative estimate of drug-likeness (QED) is 0.533. The smallest absolute Gasteiger partial charge is 0.339 e. The molecule has 26 heavy (non-hydrogen) atoms. The number of amides is 1. The Labute approximate surface area is 162 Å². The topological polar surface area (TPSA) is 86.6 Å². The molecule has 0 unspecified atom stereocenters. The van der Waals surface area contributed by atoms with Crippen LogP contribution in [0.4, 0.5) is 5.69 Å². The van der Waals surface area contributed by atoms with Crippen LogP contribution in [0.3, 0.4) is 0 Å². The van der Waals surface area contributed by atoms with E-state index in [9.17, 15) is 19.8 Å². The number of carboxylic acid groups (broad SMARTS) is 1. The maximum atomic E-state index is 12.5. The number of nitrogens with one attached hydrogen (secondary N) is 1. The molecule has 0 radical (unpaired) electrons. The first-order valence-corrected chi connectivity index (χ1v) is 9.25. The predicted octanol–water partition coefficient (Wildman–Crippen LogP) is 5.14. The maximum Gasteiger partial charge on any atom is 0.339 e. The van der Waals surface area contributed by atoms with Crippen LogP contribution in [0.1, 0.15) is 26.3 Å². The number of carbonyl (C=O) groups excluding carboxylic acids is 1. The minimum atomic E-state index is -1.12. The summed E-state index contributed by atoms with van der Waals surface area (Å²) in [6, 6.07) is 11.8. The van der Waals surface area contributed by atoms with Crippen LogP contribution in [-0.2, 0) is 0 Å². The van der Waals surface area contributed by atoms with E-state index < -0.39 is 11.9 Å². The fraction of sp³-hybridized carbons (Fsp3) is 0.0526. The van der Waals surface area contributed by atoms with E-state index in [0.717, 1.165) is 15.6 Å². The second kappa shape index (κ2) is 7.31. The number of anilines is 1. The molecule has 1 aromatic heterocycles. The van der Waals surface area contributed by atoms with Gasteiger partial charge in [-0.2, -0.15) is 0 Å². The van der Waals surface area contributed by atoms with Crippen molar-refractivity contribution in [2.45, 2.75) is 6.92 Å². The van der Waals surface area contributed by atoms with Gasteiger partial charge in [0.15, 0.2) is 0 Å². The third kappa shape index (κ3) is 3.79. The van der Waals surface area contributed by atoms with Crippen LogP contribution in [0, 0.1) is 6.92 Å². The lowest BCUT2D eigenvalue weighted by Gasteiger charge is -2.07. The molecular weight excluding hydrogens is 418 g/mol. The lowest BCUT2D eigenvalue weighted by molar-refractivity contribution is 0.0699. The molecule has 1 amide bonds. The first-order chi connectivity index (χ1) is 12.3. The number of aromatic carboxylic acids is 1. The molecule has 3 aromatic rings. The number of halogens is 1. The Bertz CT molecular complexity index is 975. The lowest BCUT2D eigenvalue weighted by Crippen LogP contribution is -2.14. The van der Waals surface area contributed by atoms with E-state index in [1.54, 1.807) is 18.4 Å². The Morgan fingerprint density at radius 1 is 1.12 bits per heavy atom. The van der Waals surface area contributed by atoms with Gasteiger partial charge in [0.1, 0.15) is 11.3 Å². The summed E-state index contributed by atoms with van der Waals surface area (Å²) in [7, 11) is 0. The number of benzene rings is 2. The summed E-state index contributed by atoms with van der Waals surface area (Å²) in [6.07, 6.45) is 0. The standard InChI is InChI=1S/C19H14BrNO4S/c1-10-6-12(8-14(22)7-10)18(23)21-15-9-26-17(16(15)19(24)25)11-2-4-13(20)5-3-11/h2-9,22H,1H3,(H,21,23)(H,24,25). The average molecular weight is 432 g/mol. The summed E-state index contributed by atoms with van der Waals surface area (Å²) in [5.41, 5.74) is 2.02. The molecule has 3 N–H and O–H groups in total. The van der Waals surface area contributed by atoms with Crippen molar-refractivity contribution in [1.29, 1.82) is 0 Å². The van der Waals surface area contributed by atoms with E-state index in [2.05, 4.69) is 21.2 Å². The molecule has 1 heterocycles. The van der Waals surface area contributed by atoms with Crippen LogP contribution in [0.15, 0.2) is 52.3 Å². The van der Waals surface area contributed by atoms with E-state index in [1.165, 1.54) is 23.5 Å². The highest BCUT2D eigenvalue weighted by atomic mass is 79.9. The number of hydrogen-bond donors (Lipinski definition) is 3. The Balaban J connectivity index is 1.96. The zero-order chi connectivity index (χ0) is 18.8. The van der Waals surface area contributed by atoms with Gasteiger partial charge < -0.3 is 15.5 Å². The summed E-state index contributed by atoms with van der Waals surface area (Å²) in [5, 5.41) is 23.5. The van der Waals surface area contributed by atoms with Crippen LogP contribution in [0.2, 0.25) is 0 Å². The molecule has 0 bridgehead atoms. The van der Waals surface area contributed by atoms with Crippen LogP contribution >= 0.6 is 27.3 Å². The summed E-state index contributed by atoms with van der Waals surface area (Å²) in [4.78, 5) is 24.8. The van der Waals surface area contributed by atoms with Crippen molar-refractivity contribution in [3.8, 4) is 16.2 Å². The first kappa shape index (κ1) is 18.2. The maximum absolute atomic E-state index is 12.5. The van der Waals surface area contributed by atoms with Crippen LogP contribution in [-0.4, -0.2) is 22.1 Å². The summed E-state index contributed by atoms with van der Waals surface area (Å²) >= 11 is 4.60. The molecule has 0 atom stereocenters. The van der Waals surface area contributed by atoms with Gasteiger partial charge in [-0.15, -0.1) is 11.3 Å². The predicted molar refractivity (Wildman–Crippen MR) is 105 cm³/mol. The molecule has 0 aliphatic rings. The highest BCUT2D eigenvalue weighted by molar-refractivity contribution is 9.10. The van der Waals surface area contributed by atoms with E-state index in [4.69, 9.17) is 0 Å². The fourth-order valence-electron chi connectivity index (χ4n) is 2.56. The highest BCUT2D eigenvalue weighted by Gasteiger charge is 2.21. The number of aryl methyl sites for hydroxylation is 1. The average Bonchev–Trinajstić information content (AvgIpc) is 2.98. The van der Waals surface area contributed by atoms with Crippen molar-refractivity contribution in [2.75, 3.05) is 5.32 Å². The van der Waals surface area contributed by atoms with Gasteiger partial charge in [0.05, 0.1) is 10.6 Å². The molecule has 7 heteroatoms. The first-order valence-electron chi connectivity index (χ1n) is 7.58. The van der Waals surface area contributed by atoms with Crippen molar-refractivity contribution in [1.82, 2.24) is 0 Å². The zero-order valence-electron chi connectivity index (χ0n) is 13.6. The normalized spacial score (nSPS) is 10.5. The number of rotatable bonds is 4. The Morgan fingerprint density at radius 2 is 1.81 bits per heavy atom. The molecular formula is C19H14BrNO4S. The van der Waals surface area contributed by atoms with E-state index in [-0.39, 0.29) is 22.6 Å². The molecule has 0 spiro atoms. The van der Waals surface area contributed by atoms with Crippen molar-refractivity contribution >= 4 is 44.8 Å². The van der Waals surface area contributed by atoms with Gasteiger partial charge in [-0.25, -0.2) is 4.79 Å². The van der Waals surface area contributed by atoms with E-state index in [1.807, 2.05) is 24.3 Å². The number of hydrogen-bond acceptors (Lipinski definition) is 4. The third-order valence-corrected chi connectivity index (χ3v) is 5.24. The number of carbonyl (C=O) groups is 2. The number of carboxylic acids is 1. The van der Waals surface area contributed by atoms with Gasteiger partial charge in [0.25, 0.3) is 5.91 Å². The number of aromatic hydroxyl groups is 1. The molecule has 0 saturated heterocycles. The van der Waals surface area contributed by atoms with Gasteiger partial charge in [-0.1, -0.05) is 28.1 Å². The van der Waals surface area contributed by atoms with Gasteiger partial charge >= 0.3 is 5.97 Å². The van der Waals surface area contributed by atoms with Gasteiger partial charge in [0.2, 0.25) is 0 Å². The summed E-state index contributed by atoms with van der Waals surface area (Å²) < 4.78 is 0.891. The Morgan fingerprint density at radius 3 is 2.42 bits per heavy atom. The van der Waals surface area contributed by atoms with Crippen LogP contribution < -0.4 is 5.32 Å². The Kier molecular flexibility index (Phi) is 5.11. The largest absolute Gasteiger partial charge is 0.508 e. The Hall–Kier alpha value is -2.64. The number of phenols is 1. The lowest BCUT2D eigenvalue weighted by atomic mass is 10.1. The molecule has 0 saturated carbocycles. The molecule has 5 nitrogen and oxygen atoms in total. The van der Waals surface area contributed by atoms with Crippen molar-refractivity contribution in [3.05, 3.63) is 69.0 Å². The highest BCUT2D eigenvalue weighted by Crippen LogP contribution is 2.36. The van der Waals surface area contributed by atoms with Gasteiger partial charge in [-0.05, 0) is 48.4 Å². The third-order valence-electron chi connectivity index (χ3n) is 3.68. The second-order valence-electron chi connectivity index (χ2n) is 5.68. The minimum Gasteiger partial charge on any atom is -0.508 e. The molecule has 0 fully saturated rings. The van der Waals surface area contributed by atoms with Crippen molar-refractivity contribution < 1.29 is 19.8 Å². The molecule has 3 rings (SSSR count). The molecule has 0 aliphatic heterocycles. The number of thiophene rings is 1. The fourth-order valence-corrected chi connectivity index (χ4v) is 3.83. The minimum absolute atomic E-state index is 0.0190. The van der Waals surface area contributed by atoms with Gasteiger partial charge in [-0.3, -0.25) is 4.79 Å². The summed E-state index contributed by atoms with van der Waals surface area (Å²) in [6.45, 7) is 1.76. The van der Waals surface area contributed by atoms with Gasteiger partial charge in [0, 0.05) is 15.4 Å². The summed E-state index contributed by atoms with van der Waals surface area (Å²) in [5.74, 6) is -1.62. The molecule has 0 aliphatic carbocycles. The van der Waals surface area contributed by atoms with Crippen LogP contribution in [0.5, 0.6) is 5.75 Å². The van der Waals surface area contributed by atoms with Crippen molar-refractivity contribution in [3.63, 3.8) is 0 Å². The van der Waals surface area contributed by atoms with E-state index >= 15 is 0 Å². The second-order valence-corrected chi connectivity index (χ2v) is 7.47. The van der Waals surface area contributed by atoms with E-state index in [0.29, 0.717) is 4.88 Å². The molecule has 132 valence electrons. The monoisotopic (exact) mass is 431 g/mol. The van der Waals surface area contributed by atoms with Crippen molar-refractivity contribution in [2.24, 2.45) is 0 Å². The SMILES string of the molecule is Cc1cc(O)cc(C(=O)Nc2csc(-c3ccc(Br)cc3)c2C(=O)O)c1. The molecule has 2 aromatic carbocycles. The zero-order valence-corrected chi connectivity index (χ0v) is 16.0.